The van der Waals surface area contributed by atoms with Crippen molar-refractivity contribution in [2.45, 2.75) is 34.1 Å². The number of aryl methyl sites for hydroxylation is 2. The van der Waals surface area contributed by atoms with Gasteiger partial charge in [-0.15, -0.1) is 0 Å². The molecule has 2 nitrogen and oxygen atoms in total. The molecule has 0 saturated carbocycles. The molecular weight excluding hydrogens is 276 g/mol. The van der Waals surface area contributed by atoms with Gasteiger partial charge < -0.3 is 5.32 Å². The number of halogens is 1. The van der Waals surface area contributed by atoms with Gasteiger partial charge in [0.25, 0.3) is 0 Å². The maximum absolute atomic E-state index is 8.93. The van der Waals surface area contributed by atoms with Crippen molar-refractivity contribution in [2.24, 2.45) is 5.41 Å². The molecule has 0 heterocycles. The minimum atomic E-state index is -0.257. The molecule has 0 bridgehead atoms. The van der Waals surface area contributed by atoms with Crippen LogP contribution in [0.3, 0.4) is 0 Å². The summed E-state index contributed by atoms with van der Waals surface area (Å²) < 4.78 is 1.17. The molecule has 0 radical (unpaired) electrons. The van der Waals surface area contributed by atoms with E-state index in [2.05, 4.69) is 53.3 Å². The Morgan fingerprint density at radius 3 is 2.29 bits per heavy atom. The Morgan fingerprint density at radius 2 is 1.82 bits per heavy atom. The Morgan fingerprint density at radius 1 is 1.29 bits per heavy atom. The zero-order valence-corrected chi connectivity index (χ0v) is 12.5. The van der Waals surface area contributed by atoms with Gasteiger partial charge in [0, 0.05) is 16.7 Å². The molecule has 0 aliphatic rings. The van der Waals surface area contributed by atoms with Crippen LogP contribution >= 0.6 is 15.9 Å². The number of hydrogen-bond acceptors (Lipinski definition) is 2. The lowest BCUT2D eigenvalue weighted by atomic mass is 9.91. The van der Waals surface area contributed by atoms with Crippen LogP contribution in [-0.4, -0.2) is 6.54 Å². The fraction of sp³-hybridized carbons (Fsp3) is 0.500. The summed E-state index contributed by atoms with van der Waals surface area (Å²) >= 11 is 3.55. The van der Waals surface area contributed by atoms with Crippen LogP contribution in [0.25, 0.3) is 0 Å². The van der Waals surface area contributed by atoms with Gasteiger partial charge >= 0.3 is 0 Å². The molecule has 0 amide bonds. The molecule has 0 aliphatic heterocycles. The first-order chi connectivity index (χ1) is 7.85. The molecule has 0 atom stereocenters. The Labute approximate surface area is 112 Å². The highest BCUT2D eigenvalue weighted by Gasteiger charge is 2.15. The largest absolute Gasteiger partial charge is 0.385 e. The smallest absolute Gasteiger partial charge is 0.0684 e. The van der Waals surface area contributed by atoms with E-state index >= 15 is 0 Å². The molecule has 1 rings (SSSR count). The summed E-state index contributed by atoms with van der Waals surface area (Å²) in [4.78, 5) is 0. The zero-order valence-electron chi connectivity index (χ0n) is 10.9. The average molecular weight is 295 g/mol. The number of nitriles is 1. The van der Waals surface area contributed by atoms with E-state index in [-0.39, 0.29) is 5.41 Å². The molecule has 0 saturated heterocycles. The van der Waals surface area contributed by atoms with Gasteiger partial charge in [0.15, 0.2) is 0 Å². The summed E-state index contributed by atoms with van der Waals surface area (Å²) in [5, 5.41) is 12.3. The van der Waals surface area contributed by atoms with Crippen LogP contribution in [0.15, 0.2) is 16.6 Å². The third-order valence-electron chi connectivity index (χ3n) is 2.82. The number of anilines is 1. The summed E-state index contributed by atoms with van der Waals surface area (Å²) in [5.74, 6) is 0. The zero-order chi connectivity index (χ0) is 13.1. The Hall–Kier alpha value is -1.01. The Bertz CT molecular complexity index is 421. The van der Waals surface area contributed by atoms with E-state index in [0.717, 1.165) is 18.7 Å². The highest BCUT2D eigenvalue weighted by Crippen LogP contribution is 2.25. The monoisotopic (exact) mass is 294 g/mol. The summed E-state index contributed by atoms with van der Waals surface area (Å²) in [6.07, 6.45) is 0.845. The molecule has 3 heteroatoms. The predicted octanol–water partition coefficient (Wildman–Crippen LogP) is 4.42. The number of benzene rings is 1. The van der Waals surface area contributed by atoms with Crippen molar-refractivity contribution < 1.29 is 0 Å². The summed E-state index contributed by atoms with van der Waals surface area (Å²) in [5.41, 5.74) is 3.32. The first-order valence-corrected chi connectivity index (χ1v) is 6.57. The van der Waals surface area contributed by atoms with Crippen LogP contribution in [0.4, 0.5) is 5.69 Å². The molecule has 0 aromatic heterocycles. The van der Waals surface area contributed by atoms with Crippen molar-refractivity contribution in [3.63, 3.8) is 0 Å². The van der Waals surface area contributed by atoms with Gasteiger partial charge in [0.05, 0.1) is 11.5 Å². The maximum Gasteiger partial charge on any atom is 0.0684 e. The van der Waals surface area contributed by atoms with E-state index in [1.54, 1.807) is 0 Å². The summed E-state index contributed by atoms with van der Waals surface area (Å²) in [6.45, 7) is 8.92. The minimum absolute atomic E-state index is 0.257. The normalized spacial score (nSPS) is 11.1. The number of rotatable bonds is 4. The third kappa shape index (κ3) is 4.05. The van der Waals surface area contributed by atoms with Gasteiger partial charge in [-0.3, -0.25) is 0 Å². The van der Waals surface area contributed by atoms with Crippen LogP contribution in [0.5, 0.6) is 0 Å². The number of nitrogens with zero attached hydrogens (tertiary/aromatic N) is 1. The Kier molecular flexibility index (Phi) is 4.59. The van der Waals surface area contributed by atoms with Crippen molar-refractivity contribution in [2.75, 3.05) is 11.9 Å². The van der Waals surface area contributed by atoms with Crippen molar-refractivity contribution in [1.82, 2.24) is 0 Å². The molecule has 0 spiro atoms. The number of hydrogen-bond donors (Lipinski definition) is 1. The highest BCUT2D eigenvalue weighted by molar-refractivity contribution is 9.10. The molecular formula is C14H19BrN2. The maximum atomic E-state index is 8.93. The van der Waals surface area contributed by atoms with Crippen molar-refractivity contribution in [3.8, 4) is 6.07 Å². The first kappa shape index (κ1) is 14.1. The standard InChI is InChI=1S/C14H19BrN2/c1-10-7-12(8-11(2)13(10)15)17-6-5-14(3,4)9-16/h7-8,17H,5-6H2,1-4H3. The fourth-order valence-corrected chi connectivity index (χ4v) is 1.85. The third-order valence-corrected chi connectivity index (χ3v) is 4.07. The first-order valence-electron chi connectivity index (χ1n) is 5.77. The minimum Gasteiger partial charge on any atom is -0.385 e. The SMILES string of the molecule is Cc1cc(NCCC(C)(C)C#N)cc(C)c1Br. The molecule has 0 unspecified atom stereocenters. The second-order valence-corrected chi connectivity index (χ2v) is 5.89. The second-order valence-electron chi connectivity index (χ2n) is 5.10. The van der Waals surface area contributed by atoms with Crippen molar-refractivity contribution in [1.29, 1.82) is 5.26 Å². The predicted molar refractivity (Wildman–Crippen MR) is 76.1 cm³/mol. The molecule has 1 N–H and O–H groups in total. The van der Waals surface area contributed by atoms with Crippen LogP contribution in [0.2, 0.25) is 0 Å². The van der Waals surface area contributed by atoms with Crippen LogP contribution in [0, 0.1) is 30.6 Å². The summed E-state index contributed by atoms with van der Waals surface area (Å²) in [7, 11) is 0. The fourth-order valence-electron chi connectivity index (χ4n) is 1.62. The van der Waals surface area contributed by atoms with Gasteiger partial charge in [-0.25, -0.2) is 0 Å². The second kappa shape index (κ2) is 5.55. The number of nitrogens with one attached hydrogen (secondary N) is 1. The lowest BCUT2D eigenvalue weighted by Crippen LogP contribution is -2.14. The van der Waals surface area contributed by atoms with Crippen LogP contribution in [-0.2, 0) is 0 Å². The van der Waals surface area contributed by atoms with E-state index in [0.29, 0.717) is 0 Å². The van der Waals surface area contributed by atoms with Gasteiger partial charge in [-0.1, -0.05) is 15.9 Å². The van der Waals surface area contributed by atoms with E-state index < -0.39 is 0 Å². The lowest BCUT2D eigenvalue weighted by Gasteiger charge is -2.16. The highest BCUT2D eigenvalue weighted by atomic mass is 79.9. The van der Waals surface area contributed by atoms with Gasteiger partial charge in [0.2, 0.25) is 0 Å². The molecule has 0 aliphatic carbocycles. The quantitative estimate of drug-likeness (QED) is 0.892. The van der Waals surface area contributed by atoms with Crippen LogP contribution in [0.1, 0.15) is 31.4 Å². The molecule has 92 valence electrons. The van der Waals surface area contributed by atoms with Gasteiger partial charge in [-0.05, 0) is 57.4 Å². The van der Waals surface area contributed by atoms with E-state index in [9.17, 15) is 0 Å². The van der Waals surface area contributed by atoms with Crippen molar-refractivity contribution in [3.05, 3.63) is 27.7 Å². The average Bonchev–Trinajstić information content (AvgIpc) is 2.25. The van der Waals surface area contributed by atoms with E-state index in [1.807, 2.05) is 13.8 Å². The van der Waals surface area contributed by atoms with Crippen LogP contribution < -0.4 is 5.32 Å². The van der Waals surface area contributed by atoms with E-state index in [4.69, 9.17) is 5.26 Å². The lowest BCUT2D eigenvalue weighted by molar-refractivity contribution is 0.466. The Balaban J connectivity index is 2.63. The summed E-state index contributed by atoms with van der Waals surface area (Å²) in [6, 6.07) is 6.55. The van der Waals surface area contributed by atoms with Crippen molar-refractivity contribution >= 4 is 21.6 Å². The molecule has 0 fully saturated rings. The molecule has 1 aromatic carbocycles. The molecule has 1 aromatic rings. The van der Waals surface area contributed by atoms with Gasteiger partial charge in [0.1, 0.15) is 0 Å². The molecule has 17 heavy (non-hydrogen) atoms. The van der Waals surface area contributed by atoms with Gasteiger partial charge in [-0.2, -0.15) is 5.26 Å². The van der Waals surface area contributed by atoms with E-state index in [1.165, 1.54) is 15.6 Å². The topological polar surface area (TPSA) is 35.8 Å².